The molecule has 2 rings (SSSR count). The monoisotopic (exact) mass is 313 g/mol. The predicted octanol–water partition coefficient (Wildman–Crippen LogP) is 1.67. The van der Waals surface area contributed by atoms with Gasteiger partial charge in [-0.25, -0.2) is 4.79 Å². The number of carbonyl (C=O) groups is 2. The van der Waals surface area contributed by atoms with E-state index in [-0.39, 0.29) is 25.2 Å². The summed E-state index contributed by atoms with van der Waals surface area (Å²) in [6.45, 7) is 4.96. The lowest BCUT2D eigenvalue weighted by Gasteiger charge is -2.35. The van der Waals surface area contributed by atoms with E-state index in [4.69, 9.17) is 14.6 Å². The van der Waals surface area contributed by atoms with Crippen molar-refractivity contribution in [2.45, 2.75) is 64.3 Å². The van der Waals surface area contributed by atoms with Crippen LogP contribution in [0.25, 0.3) is 0 Å². The topological polar surface area (TPSA) is 76.1 Å². The van der Waals surface area contributed by atoms with Gasteiger partial charge >= 0.3 is 5.97 Å². The summed E-state index contributed by atoms with van der Waals surface area (Å²) < 4.78 is 11.2. The Labute approximate surface area is 131 Å². The highest BCUT2D eigenvalue weighted by Gasteiger charge is 2.33. The maximum Gasteiger partial charge on any atom is 0.334 e. The van der Waals surface area contributed by atoms with Crippen molar-refractivity contribution in [2.75, 3.05) is 19.7 Å². The zero-order chi connectivity index (χ0) is 16.1. The van der Waals surface area contributed by atoms with Crippen molar-refractivity contribution in [1.29, 1.82) is 0 Å². The van der Waals surface area contributed by atoms with Crippen molar-refractivity contribution in [3.8, 4) is 0 Å². The molecule has 126 valence electrons. The van der Waals surface area contributed by atoms with E-state index in [1.165, 1.54) is 6.42 Å². The molecule has 0 bridgehead atoms. The summed E-state index contributed by atoms with van der Waals surface area (Å²) in [7, 11) is 0. The molecule has 4 atom stereocenters. The maximum atomic E-state index is 12.6. The summed E-state index contributed by atoms with van der Waals surface area (Å²) in [6, 6.07) is 0. The Morgan fingerprint density at radius 2 is 2.18 bits per heavy atom. The summed E-state index contributed by atoms with van der Waals surface area (Å²) in [5.74, 6) is -0.478. The number of rotatable bonds is 5. The number of carboxylic acid groups (broad SMARTS) is 1. The first-order valence-electron chi connectivity index (χ1n) is 8.29. The van der Waals surface area contributed by atoms with E-state index in [2.05, 4.69) is 6.92 Å². The Bertz CT molecular complexity index is 400. The molecule has 1 N–H and O–H groups in total. The van der Waals surface area contributed by atoms with Crippen LogP contribution in [-0.4, -0.2) is 59.9 Å². The van der Waals surface area contributed by atoms with Crippen LogP contribution >= 0.6 is 0 Å². The van der Waals surface area contributed by atoms with Gasteiger partial charge in [-0.2, -0.15) is 0 Å². The SMILES string of the molecule is CC[C@H](O[C@@H]1CCC[C@@H](C)C1)C(=O)N1CCO[C@@H](C(=O)O)C1. The summed E-state index contributed by atoms with van der Waals surface area (Å²) in [4.78, 5) is 25.2. The molecule has 6 heteroatoms. The number of nitrogens with zero attached hydrogens (tertiary/aromatic N) is 1. The molecule has 6 nitrogen and oxygen atoms in total. The molecule has 2 aliphatic rings. The highest BCUT2D eigenvalue weighted by atomic mass is 16.5. The average Bonchev–Trinajstić information content (AvgIpc) is 2.52. The number of aliphatic carboxylic acids is 1. The van der Waals surface area contributed by atoms with Crippen molar-refractivity contribution < 1.29 is 24.2 Å². The molecule has 1 aliphatic heterocycles. The number of carbonyl (C=O) groups excluding carboxylic acids is 1. The van der Waals surface area contributed by atoms with Gasteiger partial charge in [0.05, 0.1) is 19.3 Å². The van der Waals surface area contributed by atoms with Crippen molar-refractivity contribution in [1.82, 2.24) is 4.90 Å². The summed E-state index contributed by atoms with van der Waals surface area (Å²) in [5.41, 5.74) is 0. The zero-order valence-electron chi connectivity index (χ0n) is 13.5. The van der Waals surface area contributed by atoms with E-state index in [1.54, 1.807) is 4.90 Å². The van der Waals surface area contributed by atoms with Gasteiger partial charge in [0.1, 0.15) is 6.10 Å². The third-order valence-electron chi connectivity index (χ3n) is 4.54. The number of morpholine rings is 1. The third kappa shape index (κ3) is 4.43. The fourth-order valence-corrected chi connectivity index (χ4v) is 3.27. The van der Waals surface area contributed by atoms with Crippen LogP contribution in [0, 0.1) is 5.92 Å². The van der Waals surface area contributed by atoms with Crippen molar-refractivity contribution in [2.24, 2.45) is 5.92 Å². The maximum absolute atomic E-state index is 12.6. The lowest BCUT2D eigenvalue weighted by atomic mass is 9.88. The molecule has 0 radical (unpaired) electrons. The second-order valence-corrected chi connectivity index (χ2v) is 6.41. The van der Waals surface area contributed by atoms with Crippen LogP contribution in [0.3, 0.4) is 0 Å². The molecule has 2 fully saturated rings. The fraction of sp³-hybridized carbons (Fsp3) is 0.875. The lowest BCUT2D eigenvalue weighted by molar-refractivity contribution is -0.166. The van der Waals surface area contributed by atoms with Gasteiger partial charge in [0, 0.05) is 6.54 Å². The highest BCUT2D eigenvalue weighted by Crippen LogP contribution is 2.27. The van der Waals surface area contributed by atoms with Crippen molar-refractivity contribution in [3.05, 3.63) is 0 Å². The first kappa shape index (κ1) is 17.2. The molecule has 0 aromatic heterocycles. The average molecular weight is 313 g/mol. The smallest absolute Gasteiger partial charge is 0.334 e. The summed E-state index contributed by atoms with van der Waals surface area (Å²) in [5, 5.41) is 9.03. The first-order chi connectivity index (χ1) is 10.5. The van der Waals surface area contributed by atoms with E-state index in [1.807, 2.05) is 6.92 Å². The molecule has 1 heterocycles. The number of amides is 1. The molecular weight excluding hydrogens is 286 g/mol. The van der Waals surface area contributed by atoms with Gasteiger partial charge in [-0.15, -0.1) is 0 Å². The van der Waals surface area contributed by atoms with E-state index in [0.717, 1.165) is 19.3 Å². The van der Waals surface area contributed by atoms with Gasteiger partial charge < -0.3 is 19.5 Å². The Hall–Kier alpha value is -1.14. The van der Waals surface area contributed by atoms with E-state index in [0.29, 0.717) is 18.9 Å². The number of carboxylic acids is 1. The van der Waals surface area contributed by atoms with E-state index >= 15 is 0 Å². The number of hydrogen-bond donors (Lipinski definition) is 1. The zero-order valence-corrected chi connectivity index (χ0v) is 13.5. The molecule has 0 unspecified atom stereocenters. The molecule has 1 amide bonds. The quantitative estimate of drug-likeness (QED) is 0.835. The van der Waals surface area contributed by atoms with Gasteiger partial charge in [-0.05, 0) is 25.2 Å². The Balaban J connectivity index is 1.91. The molecular formula is C16H27NO5. The van der Waals surface area contributed by atoms with Gasteiger partial charge in [-0.1, -0.05) is 26.7 Å². The number of hydrogen-bond acceptors (Lipinski definition) is 4. The lowest BCUT2D eigenvalue weighted by Crippen LogP contribution is -2.52. The molecule has 0 aromatic carbocycles. The largest absolute Gasteiger partial charge is 0.479 e. The normalized spacial score (nSPS) is 30.8. The number of ether oxygens (including phenoxy) is 2. The molecule has 0 aromatic rings. The van der Waals surface area contributed by atoms with Gasteiger partial charge in [0.15, 0.2) is 6.10 Å². The van der Waals surface area contributed by atoms with E-state index in [9.17, 15) is 9.59 Å². The Morgan fingerprint density at radius 3 is 2.82 bits per heavy atom. The summed E-state index contributed by atoms with van der Waals surface area (Å²) >= 11 is 0. The van der Waals surface area contributed by atoms with Crippen LogP contribution in [-0.2, 0) is 19.1 Å². The molecule has 1 saturated carbocycles. The van der Waals surface area contributed by atoms with Crippen LogP contribution < -0.4 is 0 Å². The fourth-order valence-electron chi connectivity index (χ4n) is 3.27. The minimum atomic E-state index is -1.02. The van der Waals surface area contributed by atoms with Gasteiger partial charge in [-0.3, -0.25) is 4.79 Å². The van der Waals surface area contributed by atoms with E-state index < -0.39 is 18.2 Å². The van der Waals surface area contributed by atoms with Crippen LogP contribution in [0.4, 0.5) is 0 Å². The van der Waals surface area contributed by atoms with Crippen LogP contribution in [0.5, 0.6) is 0 Å². The van der Waals surface area contributed by atoms with Gasteiger partial charge in [0.2, 0.25) is 0 Å². The van der Waals surface area contributed by atoms with Crippen LogP contribution in [0.1, 0.15) is 46.0 Å². The second kappa shape index (κ2) is 7.92. The first-order valence-corrected chi connectivity index (χ1v) is 8.29. The summed E-state index contributed by atoms with van der Waals surface area (Å²) in [6.07, 6.45) is 3.75. The van der Waals surface area contributed by atoms with Crippen molar-refractivity contribution >= 4 is 11.9 Å². The van der Waals surface area contributed by atoms with Gasteiger partial charge in [0.25, 0.3) is 5.91 Å². The Kier molecular flexibility index (Phi) is 6.20. The molecule has 0 spiro atoms. The highest BCUT2D eigenvalue weighted by molar-refractivity contribution is 5.82. The molecule has 1 aliphatic carbocycles. The third-order valence-corrected chi connectivity index (χ3v) is 4.54. The second-order valence-electron chi connectivity index (χ2n) is 6.41. The van der Waals surface area contributed by atoms with Crippen LogP contribution in [0.2, 0.25) is 0 Å². The van der Waals surface area contributed by atoms with Crippen LogP contribution in [0.15, 0.2) is 0 Å². The Morgan fingerprint density at radius 1 is 1.41 bits per heavy atom. The predicted molar refractivity (Wildman–Crippen MR) is 80.5 cm³/mol. The minimum Gasteiger partial charge on any atom is -0.479 e. The molecule has 1 saturated heterocycles. The standard InChI is InChI=1S/C16H27NO5/c1-3-13(22-12-6-4-5-11(2)9-12)15(18)17-7-8-21-14(10-17)16(19)20/h11-14H,3-10H2,1-2H3,(H,19,20)/t11-,12-,13+,14-/m1/s1. The molecule has 22 heavy (non-hydrogen) atoms. The minimum absolute atomic E-state index is 0.102. The van der Waals surface area contributed by atoms with Crippen molar-refractivity contribution in [3.63, 3.8) is 0 Å².